The molecule has 2 aromatic rings. The first-order valence-electron chi connectivity index (χ1n) is 9.77. The van der Waals surface area contributed by atoms with E-state index >= 15 is 0 Å². The molecule has 2 aromatic heterocycles. The highest BCUT2D eigenvalue weighted by molar-refractivity contribution is 8.00. The highest BCUT2D eigenvalue weighted by Gasteiger charge is 2.24. The minimum Gasteiger partial charge on any atom is -0.487 e. The molecule has 3 heterocycles. The number of nitrogens with zero attached hydrogens (tertiary/aromatic N) is 3. The lowest BCUT2D eigenvalue weighted by atomic mass is 10.3. The van der Waals surface area contributed by atoms with E-state index in [2.05, 4.69) is 16.8 Å². The van der Waals surface area contributed by atoms with Crippen LogP contribution in [0, 0.1) is 0 Å². The molecule has 0 atom stereocenters. The van der Waals surface area contributed by atoms with Crippen LogP contribution in [0.4, 0.5) is 5.82 Å². The van der Waals surface area contributed by atoms with E-state index in [1.54, 1.807) is 17.0 Å². The fourth-order valence-corrected chi connectivity index (χ4v) is 6.96. The van der Waals surface area contributed by atoms with Crippen molar-refractivity contribution in [1.82, 2.24) is 9.88 Å². The lowest BCUT2D eigenvalue weighted by Crippen LogP contribution is -2.45. The molecule has 4 rings (SSSR count). The predicted octanol–water partition coefficient (Wildman–Crippen LogP) is 3.01. The van der Waals surface area contributed by atoms with Crippen LogP contribution in [0.1, 0.15) is 25.7 Å². The van der Waals surface area contributed by atoms with Gasteiger partial charge in [0.2, 0.25) is 10.0 Å². The normalized spacial score (nSPS) is 19.0. The maximum absolute atomic E-state index is 11.8. The van der Waals surface area contributed by atoms with E-state index in [4.69, 9.17) is 14.9 Å². The van der Waals surface area contributed by atoms with Crippen LogP contribution in [0.3, 0.4) is 0 Å². The number of likely N-dealkylation sites (N-methyl/N-ethyl adjacent to an activating group) is 1. The number of aromatic nitrogens is 1. The molecule has 29 heavy (non-hydrogen) atoms. The molecule has 2 N–H and O–H groups in total. The molecule has 158 valence electrons. The first-order chi connectivity index (χ1) is 13.9. The van der Waals surface area contributed by atoms with Gasteiger partial charge in [0, 0.05) is 52.9 Å². The van der Waals surface area contributed by atoms with Crippen LogP contribution < -0.4 is 14.8 Å². The van der Waals surface area contributed by atoms with Crippen LogP contribution >= 0.6 is 23.1 Å². The van der Waals surface area contributed by atoms with Crippen molar-refractivity contribution in [3.05, 3.63) is 23.0 Å². The monoisotopic (exact) mass is 454 g/mol. The third-order valence-electron chi connectivity index (χ3n) is 5.33. The Morgan fingerprint density at radius 3 is 2.62 bits per heavy atom. The van der Waals surface area contributed by atoms with E-state index in [1.165, 1.54) is 35.9 Å². The van der Waals surface area contributed by atoms with Crippen LogP contribution in [0.2, 0.25) is 0 Å². The van der Waals surface area contributed by atoms with Gasteiger partial charge >= 0.3 is 0 Å². The van der Waals surface area contributed by atoms with Crippen molar-refractivity contribution in [3.8, 4) is 5.75 Å². The van der Waals surface area contributed by atoms with Gasteiger partial charge in [0.15, 0.2) is 11.6 Å². The van der Waals surface area contributed by atoms with Crippen molar-refractivity contribution in [2.75, 3.05) is 38.1 Å². The smallest absolute Gasteiger partial charge is 0.240 e. The summed E-state index contributed by atoms with van der Waals surface area (Å²) in [4.78, 5) is 10.9. The van der Waals surface area contributed by atoms with Crippen LogP contribution in [0.15, 0.2) is 37.7 Å². The van der Waals surface area contributed by atoms with Crippen molar-refractivity contribution < 1.29 is 13.2 Å². The number of hydrogen-bond donors (Lipinski definition) is 1. The molecule has 0 bridgehead atoms. The predicted molar refractivity (Wildman–Crippen MR) is 117 cm³/mol. The van der Waals surface area contributed by atoms with Crippen molar-refractivity contribution >= 4 is 38.9 Å². The summed E-state index contributed by atoms with van der Waals surface area (Å²) in [7, 11) is -1.62. The standard InChI is InChI=1S/C19H26N4O3S3/c1-22-6-8-23(9-7-22)19-16(26-14-4-2-3-5-14)10-15(11-21-19)28-17-12-27-13-18(17)29(20,24)25/h10-14H,2-9H2,1H3,(H2,20,24,25). The molecule has 7 nitrogen and oxygen atoms in total. The average molecular weight is 455 g/mol. The molecule has 2 aliphatic rings. The average Bonchev–Trinajstić information content (AvgIpc) is 3.34. The molecule has 0 radical (unpaired) electrons. The van der Waals surface area contributed by atoms with Crippen molar-refractivity contribution in [2.45, 2.75) is 46.5 Å². The first-order valence-corrected chi connectivity index (χ1v) is 13.1. The van der Waals surface area contributed by atoms with Gasteiger partial charge in [0.25, 0.3) is 0 Å². The van der Waals surface area contributed by atoms with E-state index in [1.807, 2.05) is 6.07 Å². The van der Waals surface area contributed by atoms with E-state index < -0.39 is 10.0 Å². The largest absolute Gasteiger partial charge is 0.487 e. The second-order valence-corrected chi connectivity index (χ2v) is 10.9. The van der Waals surface area contributed by atoms with Gasteiger partial charge in [-0.15, -0.1) is 11.3 Å². The summed E-state index contributed by atoms with van der Waals surface area (Å²) < 4.78 is 30.0. The van der Waals surface area contributed by atoms with Gasteiger partial charge in [0.05, 0.1) is 6.10 Å². The highest BCUT2D eigenvalue weighted by Crippen LogP contribution is 2.39. The Labute approximate surface area is 180 Å². The minimum absolute atomic E-state index is 0.161. The van der Waals surface area contributed by atoms with Gasteiger partial charge < -0.3 is 14.5 Å². The summed E-state index contributed by atoms with van der Waals surface area (Å²) in [6.45, 7) is 3.82. The van der Waals surface area contributed by atoms with E-state index in [9.17, 15) is 8.42 Å². The lowest BCUT2D eigenvalue weighted by Gasteiger charge is -2.34. The molecule has 1 saturated carbocycles. The second-order valence-electron chi connectivity index (χ2n) is 7.55. The summed E-state index contributed by atoms with van der Waals surface area (Å²) in [5.74, 6) is 1.67. The maximum Gasteiger partial charge on any atom is 0.240 e. The Morgan fingerprint density at radius 1 is 1.21 bits per heavy atom. The quantitative estimate of drug-likeness (QED) is 0.718. The molecule has 10 heteroatoms. The Kier molecular flexibility index (Phi) is 6.35. The SMILES string of the molecule is CN1CCN(c2ncc(Sc3cscc3S(N)(=O)=O)cc2OC2CCCC2)CC1. The van der Waals surface area contributed by atoms with Crippen LogP contribution in [0.25, 0.3) is 0 Å². The fraction of sp³-hybridized carbons (Fsp3) is 0.526. The molecular formula is C19H26N4O3S3. The van der Waals surface area contributed by atoms with E-state index in [0.717, 1.165) is 55.5 Å². The molecule has 0 unspecified atom stereocenters. The summed E-state index contributed by atoms with van der Waals surface area (Å²) in [5.41, 5.74) is 0. The molecule has 2 fully saturated rings. The second kappa shape index (κ2) is 8.81. The zero-order valence-corrected chi connectivity index (χ0v) is 18.9. The van der Waals surface area contributed by atoms with Crippen LogP contribution in [-0.4, -0.2) is 57.6 Å². The molecule has 0 spiro atoms. The van der Waals surface area contributed by atoms with Crippen molar-refractivity contribution in [1.29, 1.82) is 0 Å². The van der Waals surface area contributed by atoms with Crippen molar-refractivity contribution in [3.63, 3.8) is 0 Å². The van der Waals surface area contributed by atoms with Crippen molar-refractivity contribution in [2.24, 2.45) is 5.14 Å². The van der Waals surface area contributed by atoms with Gasteiger partial charge in [-0.25, -0.2) is 18.5 Å². The number of ether oxygens (including phenoxy) is 1. The fourth-order valence-electron chi connectivity index (χ4n) is 3.69. The topological polar surface area (TPSA) is 88.8 Å². The first kappa shape index (κ1) is 20.9. The van der Waals surface area contributed by atoms with Gasteiger partial charge in [-0.3, -0.25) is 0 Å². The Hall–Kier alpha value is -1.33. The lowest BCUT2D eigenvalue weighted by molar-refractivity contribution is 0.208. The van der Waals surface area contributed by atoms with Gasteiger partial charge in [-0.1, -0.05) is 11.8 Å². The molecule has 0 amide bonds. The van der Waals surface area contributed by atoms with Gasteiger partial charge in [-0.2, -0.15) is 0 Å². The molecular weight excluding hydrogens is 428 g/mol. The number of anilines is 1. The Morgan fingerprint density at radius 2 is 1.93 bits per heavy atom. The summed E-state index contributed by atoms with van der Waals surface area (Å²) in [6.07, 6.45) is 6.56. The molecule has 0 aromatic carbocycles. The van der Waals surface area contributed by atoms with Gasteiger partial charge in [-0.05, 0) is 38.8 Å². The van der Waals surface area contributed by atoms with E-state index in [-0.39, 0.29) is 11.0 Å². The summed E-state index contributed by atoms with van der Waals surface area (Å²) in [5, 5.41) is 8.71. The minimum atomic E-state index is -3.74. The third kappa shape index (κ3) is 5.05. The van der Waals surface area contributed by atoms with Crippen LogP contribution in [0.5, 0.6) is 5.75 Å². The molecule has 1 aliphatic carbocycles. The zero-order valence-electron chi connectivity index (χ0n) is 16.4. The maximum atomic E-state index is 11.8. The number of pyridine rings is 1. The number of nitrogens with two attached hydrogens (primary N) is 1. The number of sulfonamides is 1. The third-order valence-corrected chi connectivity index (χ3v) is 8.47. The number of rotatable bonds is 6. The number of thiophene rings is 1. The van der Waals surface area contributed by atoms with E-state index in [0.29, 0.717) is 4.90 Å². The molecule has 1 aliphatic heterocycles. The Balaban J connectivity index is 1.61. The Bertz CT molecular complexity index is 949. The zero-order chi connectivity index (χ0) is 20.4. The summed E-state index contributed by atoms with van der Waals surface area (Å²) in [6, 6.07) is 1.99. The number of piperazine rings is 1. The number of hydrogen-bond acceptors (Lipinski definition) is 8. The van der Waals surface area contributed by atoms with Crippen LogP contribution in [-0.2, 0) is 10.0 Å². The van der Waals surface area contributed by atoms with Gasteiger partial charge in [0.1, 0.15) is 4.90 Å². The number of primary sulfonamides is 1. The highest BCUT2D eigenvalue weighted by atomic mass is 32.2. The summed E-state index contributed by atoms with van der Waals surface area (Å²) >= 11 is 2.68. The molecule has 1 saturated heterocycles.